The van der Waals surface area contributed by atoms with Crippen molar-refractivity contribution in [3.63, 3.8) is 0 Å². The standard InChI is InChI=1S/C16H36O4Si.Na.H/c1-2-3-4-5-6-7-8-9-10-11-12-13-14-15-16-20-21(17,18)19;;/h17-19H,2-16H2,1H3;;. The molecule has 0 fully saturated rings. The molecule has 0 aliphatic heterocycles. The predicted molar refractivity (Wildman–Crippen MR) is 95.8 cm³/mol. The van der Waals surface area contributed by atoms with Gasteiger partial charge in [0.25, 0.3) is 0 Å². The molecule has 3 N–H and O–H groups in total. The first-order chi connectivity index (χ1) is 10.1. The van der Waals surface area contributed by atoms with E-state index in [0.29, 0.717) is 0 Å². The Hall–Kier alpha value is 1.06. The molecule has 0 aliphatic rings. The van der Waals surface area contributed by atoms with E-state index in [1.165, 1.54) is 70.6 Å². The Bertz CT molecular complexity index is 213. The molecule has 130 valence electrons. The van der Waals surface area contributed by atoms with Crippen molar-refractivity contribution < 1.29 is 18.8 Å². The molecule has 6 heteroatoms. The zero-order valence-corrected chi connectivity index (χ0v) is 14.9. The first kappa shape index (κ1) is 25.3. The summed E-state index contributed by atoms with van der Waals surface area (Å²) in [4.78, 5) is 25.9. The van der Waals surface area contributed by atoms with Gasteiger partial charge in [0.2, 0.25) is 0 Å². The first-order valence-corrected chi connectivity index (χ1v) is 10.6. The van der Waals surface area contributed by atoms with E-state index < -0.39 is 9.05 Å². The van der Waals surface area contributed by atoms with Crippen LogP contribution in [-0.4, -0.2) is 59.6 Å². The second-order valence-electron chi connectivity index (χ2n) is 6.02. The van der Waals surface area contributed by atoms with Gasteiger partial charge in [0.1, 0.15) is 0 Å². The van der Waals surface area contributed by atoms with Crippen molar-refractivity contribution in [2.24, 2.45) is 0 Å². The molecule has 0 aromatic carbocycles. The molecular formula is C16H37NaO4Si. The first-order valence-electron chi connectivity index (χ1n) is 8.87. The van der Waals surface area contributed by atoms with E-state index in [1.807, 2.05) is 0 Å². The van der Waals surface area contributed by atoms with Gasteiger partial charge >= 0.3 is 38.6 Å². The van der Waals surface area contributed by atoms with E-state index in [9.17, 15) is 0 Å². The van der Waals surface area contributed by atoms with Gasteiger partial charge in [0.05, 0.1) is 0 Å². The normalized spacial score (nSPS) is 11.5. The fourth-order valence-electron chi connectivity index (χ4n) is 2.51. The molecule has 0 saturated carbocycles. The summed E-state index contributed by atoms with van der Waals surface area (Å²) in [5, 5.41) is 0. The van der Waals surface area contributed by atoms with E-state index in [1.54, 1.807) is 0 Å². The number of unbranched alkanes of at least 4 members (excludes halogenated alkanes) is 13. The average molecular weight is 345 g/mol. The van der Waals surface area contributed by atoms with Gasteiger partial charge in [-0.15, -0.1) is 0 Å². The van der Waals surface area contributed by atoms with Crippen LogP contribution in [0.1, 0.15) is 96.8 Å². The third kappa shape index (κ3) is 23.3. The van der Waals surface area contributed by atoms with Gasteiger partial charge in [-0.05, 0) is 6.42 Å². The molecular weight excluding hydrogens is 307 g/mol. The van der Waals surface area contributed by atoms with Crippen molar-refractivity contribution in [2.45, 2.75) is 96.8 Å². The number of hydrogen-bond donors (Lipinski definition) is 3. The molecule has 0 radical (unpaired) electrons. The van der Waals surface area contributed by atoms with E-state index in [-0.39, 0.29) is 36.2 Å². The Kier molecular flexibility index (Phi) is 21.2. The minimum absolute atomic E-state index is 0. The van der Waals surface area contributed by atoms with Crippen molar-refractivity contribution >= 4 is 38.6 Å². The third-order valence-electron chi connectivity index (χ3n) is 3.79. The summed E-state index contributed by atoms with van der Waals surface area (Å²) >= 11 is 0. The van der Waals surface area contributed by atoms with Gasteiger partial charge in [-0.1, -0.05) is 90.4 Å². The Morgan fingerprint density at radius 3 is 1.23 bits per heavy atom. The summed E-state index contributed by atoms with van der Waals surface area (Å²) in [7, 11) is -4.26. The second kappa shape index (κ2) is 18.4. The van der Waals surface area contributed by atoms with E-state index in [4.69, 9.17) is 14.4 Å². The number of hydrogen-bond acceptors (Lipinski definition) is 4. The third-order valence-corrected chi connectivity index (χ3v) is 4.39. The van der Waals surface area contributed by atoms with Crippen LogP contribution in [-0.2, 0) is 4.43 Å². The molecule has 0 atom stereocenters. The molecule has 0 amide bonds. The van der Waals surface area contributed by atoms with Gasteiger partial charge < -0.3 is 18.8 Å². The SMILES string of the molecule is CCCCCCCCCCCCCCCCO[Si](O)(O)O.[NaH]. The monoisotopic (exact) mass is 344 g/mol. The maximum atomic E-state index is 8.65. The molecule has 0 aliphatic carbocycles. The topological polar surface area (TPSA) is 69.9 Å². The quantitative estimate of drug-likeness (QED) is 0.297. The van der Waals surface area contributed by atoms with Gasteiger partial charge in [-0.2, -0.15) is 0 Å². The summed E-state index contributed by atoms with van der Waals surface area (Å²) in [5.41, 5.74) is 0. The maximum absolute atomic E-state index is 8.65. The molecule has 0 unspecified atom stereocenters. The van der Waals surface area contributed by atoms with Crippen molar-refractivity contribution in [1.29, 1.82) is 0 Å². The van der Waals surface area contributed by atoms with E-state index in [2.05, 4.69) is 11.3 Å². The molecule has 0 bridgehead atoms. The minimum atomic E-state index is -4.26. The Morgan fingerprint density at radius 2 is 0.909 bits per heavy atom. The van der Waals surface area contributed by atoms with Crippen molar-refractivity contribution in [1.82, 2.24) is 0 Å². The van der Waals surface area contributed by atoms with E-state index >= 15 is 0 Å². The molecule has 22 heavy (non-hydrogen) atoms. The van der Waals surface area contributed by atoms with Crippen molar-refractivity contribution in [2.75, 3.05) is 6.61 Å². The van der Waals surface area contributed by atoms with Crippen LogP contribution in [0, 0.1) is 0 Å². The molecule has 0 heterocycles. The zero-order chi connectivity index (χ0) is 15.8. The fourth-order valence-corrected chi connectivity index (χ4v) is 2.92. The van der Waals surface area contributed by atoms with Gasteiger partial charge in [0, 0.05) is 6.61 Å². The Morgan fingerprint density at radius 1 is 0.591 bits per heavy atom. The van der Waals surface area contributed by atoms with Gasteiger partial charge in [-0.25, -0.2) is 0 Å². The van der Waals surface area contributed by atoms with Crippen LogP contribution < -0.4 is 0 Å². The summed E-state index contributed by atoms with van der Waals surface area (Å²) < 4.78 is 4.54. The molecule has 0 aromatic heterocycles. The van der Waals surface area contributed by atoms with Crippen LogP contribution in [0.15, 0.2) is 0 Å². The number of rotatable bonds is 16. The van der Waals surface area contributed by atoms with Crippen LogP contribution in [0.4, 0.5) is 0 Å². The van der Waals surface area contributed by atoms with Gasteiger partial charge in [-0.3, -0.25) is 0 Å². The van der Waals surface area contributed by atoms with Crippen LogP contribution in [0.5, 0.6) is 0 Å². The van der Waals surface area contributed by atoms with Crippen LogP contribution >= 0.6 is 0 Å². The van der Waals surface area contributed by atoms with Crippen LogP contribution in [0.25, 0.3) is 0 Å². The van der Waals surface area contributed by atoms with Gasteiger partial charge in [0.15, 0.2) is 0 Å². The molecule has 0 rings (SSSR count). The zero-order valence-electron chi connectivity index (χ0n) is 13.9. The van der Waals surface area contributed by atoms with Crippen LogP contribution in [0.3, 0.4) is 0 Å². The van der Waals surface area contributed by atoms with E-state index in [0.717, 1.165) is 19.3 Å². The van der Waals surface area contributed by atoms with Crippen molar-refractivity contribution in [3.8, 4) is 0 Å². The molecule has 0 saturated heterocycles. The summed E-state index contributed by atoms with van der Waals surface area (Å²) in [6.45, 7) is 2.50. The summed E-state index contributed by atoms with van der Waals surface area (Å²) in [6.07, 6.45) is 18.0. The summed E-state index contributed by atoms with van der Waals surface area (Å²) in [5.74, 6) is 0. The predicted octanol–water partition coefficient (Wildman–Crippen LogP) is 3.25. The Labute approximate surface area is 160 Å². The van der Waals surface area contributed by atoms with Crippen LogP contribution in [0.2, 0.25) is 0 Å². The summed E-state index contributed by atoms with van der Waals surface area (Å²) in [6, 6.07) is 0. The molecule has 0 spiro atoms. The Balaban J connectivity index is 0. The fraction of sp³-hybridized carbons (Fsp3) is 1.00. The second-order valence-corrected chi connectivity index (χ2v) is 7.45. The average Bonchev–Trinajstić information content (AvgIpc) is 2.42. The molecule has 4 nitrogen and oxygen atoms in total. The molecule has 0 aromatic rings. The van der Waals surface area contributed by atoms with Crippen molar-refractivity contribution in [3.05, 3.63) is 0 Å².